The molecule has 11 nitrogen and oxygen atoms in total. The third kappa shape index (κ3) is 19.8. The number of rotatable bonds is 12. The molecular formula is C37H41F7O11. The van der Waals surface area contributed by atoms with E-state index in [1.54, 1.807) is 64.3 Å². The predicted octanol–water partition coefficient (Wildman–Crippen LogP) is 9.06. The van der Waals surface area contributed by atoms with Crippen LogP contribution in [0.2, 0.25) is 0 Å². The van der Waals surface area contributed by atoms with Crippen LogP contribution in [0.15, 0.2) is 66.7 Å². The zero-order valence-corrected chi connectivity index (χ0v) is 30.2. The van der Waals surface area contributed by atoms with Crippen LogP contribution in [-0.2, 0) is 31.5 Å². The van der Waals surface area contributed by atoms with Gasteiger partial charge in [0, 0.05) is 0 Å². The van der Waals surface area contributed by atoms with E-state index in [0.29, 0.717) is 6.42 Å². The first kappa shape index (κ1) is 49.3. The fourth-order valence-electron chi connectivity index (χ4n) is 4.52. The maximum absolute atomic E-state index is 12.5. The van der Waals surface area contributed by atoms with E-state index in [1.165, 1.54) is 12.1 Å². The number of methoxy groups -OCH3 is 1. The Morgan fingerprint density at radius 3 is 1.40 bits per heavy atom. The van der Waals surface area contributed by atoms with Crippen LogP contribution in [-0.4, -0.2) is 62.5 Å². The Kier molecular flexibility index (Phi) is 19.6. The number of carboxylic acids is 5. The van der Waals surface area contributed by atoms with Gasteiger partial charge in [-0.05, 0) is 71.3 Å². The number of benzene rings is 3. The van der Waals surface area contributed by atoms with Crippen molar-refractivity contribution in [1.29, 1.82) is 0 Å². The number of hydrogen-bond donors (Lipinski definition) is 5. The van der Waals surface area contributed by atoms with Crippen molar-refractivity contribution in [3.05, 3.63) is 100 Å². The minimum Gasteiger partial charge on any atom is -0.497 e. The van der Waals surface area contributed by atoms with Crippen molar-refractivity contribution >= 4 is 29.8 Å². The van der Waals surface area contributed by atoms with E-state index >= 15 is 0 Å². The number of halogens is 7. The summed E-state index contributed by atoms with van der Waals surface area (Å²) in [5.74, 6) is -5.44. The lowest BCUT2D eigenvalue weighted by molar-refractivity contribution is -0.144. The third-order valence-corrected chi connectivity index (χ3v) is 7.24. The van der Waals surface area contributed by atoms with Gasteiger partial charge in [0.2, 0.25) is 0 Å². The summed E-state index contributed by atoms with van der Waals surface area (Å²) in [5.41, 5.74) is -3.34. The van der Waals surface area contributed by atoms with Crippen molar-refractivity contribution in [3.63, 3.8) is 0 Å². The summed E-state index contributed by atoms with van der Waals surface area (Å²) in [6.07, 6.45) is -9.62. The zero-order chi connectivity index (χ0) is 42.9. The summed E-state index contributed by atoms with van der Waals surface area (Å²) < 4.78 is 90.9. The van der Waals surface area contributed by atoms with Crippen molar-refractivity contribution in [2.75, 3.05) is 7.11 Å². The van der Waals surface area contributed by atoms with E-state index in [-0.39, 0.29) is 49.2 Å². The first-order valence-electron chi connectivity index (χ1n) is 15.9. The SMILES string of the molecule is CC(C)(CC(=O)O)CC(=O)O.CCC(C(=O)O)c1ccc(OC)cc1.C[C@@H](CC(=O)O)c1ccc(F)cc1.O=C(O)c1cc(C(F)(F)F)cc(C(F)(F)F)c1. The van der Waals surface area contributed by atoms with Gasteiger partial charge in [-0.2, -0.15) is 26.3 Å². The zero-order valence-electron chi connectivity index (χ0n) is 30.2. The molecule has 304 valence electrons. The van der Waals surface area contributed by atoms with E-state index in [9.17, 15) is 54.7 Å². The number of hydrogen-bond acceptors (Lipinski definition) is 6. The van der Waals surface area contributed by atoms with Crippen LogP contribution in [0.25, 0.3) is 0 Å². The number of carboxylic acid groups (broad SMARTS) is 5. The van der Waals surface area contributed by atoms with E-state index in [1.807, 2.05) is 6.92 Å². The van der Waals surface area contributed by atoms with Gasteiger partial charge in [-0.1, -0.05) is 52.0 Å². The lowest BCUT2D eigenvalue weighted by Crippen LogP contribution is -2.20. The Morgan fingerprint density at radius 2 is 1.09 bits per heavy atom. The normalized spacial score (nSPS) is 12.1. The van der Waals surface area contributed by atoms with Crippen molar-refractivity contribution < 1.29 is 85.0 Å². The molecule has 0 aliphatic rings. The minimum absolute atomic E-state index is 0.0712. The third-order valence-electron chi connectivity index (χ3n) is 7.24. The minimum atomic E-state index is -5.04. The summed E-state index contributed by atoms with van der Waals surface area (Å²) in [6, 6.07) is 13.2. The largest absolute Gasteiger partial charge is 0.497 e. The number of aromatic carboxylic acids is 1. The molecule has 0 heterocycles. The molecule has 0 radical (unpaired) electrons. The molecule has 0 spiro atoms. The topological polar surface area (TPSA) is 196 Å². The number of ether oxygens (including phenoxy) is 1. The Hall–Kier alpha value is -5.68. The van der Waals surface area contributed by atoms with Gasteiger partial charge in [0.15, 0.2) is 0 Å². The highest BCUT2D eigenvalue weighted by Gasteiger charge is 2.37. The fourth-order valence-corrected chi connectivity index (χ4v) is 4.52. The summed E-state index contributed by atoms with van der Waals surface area (Å²) in [6.45, 7) is 6.91. The molecular weight excluding hydrogens is 753 g/mol. The Labute approximate surface area is 311 Å². The lowest BCUT2D eigenvalue weighted by Gasteiger charge is -2.18. The quantitative estimate of drug-likeness (QED) is 0.110. The summed E-state index contributed by atoms with van der Waals surface area (Å²) in [7, 11) is 1.59. The molecule has 5 N–H and O–H groups in total. The van der Waals surface area contributed by atoms with Crippen LogP contribution in [0, 0.1) is 11.2 Å². The second-order valence-corrected chi connectivity index (χ2v) is 12.5. The van der Waals surface area contributed by atoms with Crippen molar-refractivity contribution in [2.45, 2.75) is 77.6 Å². The summed E-state index contributed by atoms with van der Waals surface area (Å²) >= 11 is 0. The average Bonchev–Trinajstić information content (AvgIpc) is 3.04. The highest BCUT2D eigenvalue weighted by Crippen LogP contribution is 2.36. The molecule has 0 bridgehead atoms. The molecule has 3 aromatic carbocycles. The monoisotopic (exact) mass is 794 g/mol. The Balaban J connectivity index is 0.000000716. The lowest BCUT2D eigenvalue weighted by atomic mass is 9.86. The molecule has 0 amide bonds. The van der Waals surface area contributed by atoms with E-state index in [2.05, 4.69) is 0 Å². The standard InChI is InChI=1S/C11H14O3.C10H11FO2.C9H4F6O2.C7H12O4/c1-3-10(11(12)13)8-4-6-9(14-2)7-5-8;1-7(6-10(12)13)8-2-4-9(11)5-3-8;10-8(11,12)5-1-4(7(16)17)2-6(3-5)9(13,14)15;1-7(2,3-5(8)9)4-6(10)11/h4-7,10H,3H2,1-2H3,(H,12,13);2-5,7H,6H2,1H3,(H,12,13);1-3H,(H,16,17);3-4H2,1-2H3,(H,8,9)(H,10,11)/t;7-;;/m.0../s1. The number of carbonyl (C=O) groups is 5. The second kappa shape index (κ2) is 21.9. The van der Waals surface area contributed by atoms with Gasteiger partial charge in [-0.15, -0.1) is 0 Å². The average molecular weight is 795 g/mol. The molecule has 1 unspecified atom stereocenters. The Morgan fingerprint density at radius 1 is 0.673 bits per heavy atom. The van der Waals surface area contributed by atoms with E-state index in [4.69, 9.17) is 30.3 Å². The molecule has 2 atom stereocenters. The molecule has 0 fully saturated rings. The first-order chi connectivity index (χ1) is 25.1. The molecule has 3 aromatic rings. The van der Waals surface area contributed by atoms with Crippen LogP contribution in [0.5, 0.6) is 5.75 Å². The first-order valence-corrected chi connectivity index (χ1v) is 15.9. The maximum Gasteiger partial charge on any atom is 0.416 e. The summed E-state index contributed by atoms with van der Waals surface area (Å²) in [5, 5.41) is 42.6. The van der Waals surface area contributed by atoms with Crippen molar-refractivity contribution in [2.24, 2.45) is 5.41 Å². The molecule has 18 heteroatoms. The van der Waals surface area contributed by atoms with Crippen LogP contribution >= 0.6 is 0 Å². The van der Waals surface area contributed by atoms with Crippen molar-refractivity contribution in [3.8, 4) is 5.75 Å². The van der Waals surface area contributed by atoms with Gasteiger partial charge < -0.3 is 30.3 Å². The smallest absolute Gasteiger partial charge is 0.416 e. The highest BCUT2D eigenvalue weighted by molar-refractivity contribution is 5.88. The number of aliphatic carboxylic acids is 4. The molecule has 0 aliphatic heterocycles. The molecule has 3 rings (SSSR count). The molecule has 0 saturated heterocycles. The predicted molar refractivity (Wildman–Crippen MR) is 182 cm³/mol. The molecule has 55 heavy (non-hydrogen) atoms. The van der Waals surface area contributed by atoms with Gasteiger partial charge in [-0.25, -0.2) is 9.18 Å². The van der Waals surface area contributed by atoms with Gasteiger partial charge >= 0.3 is 42.2 Å². The van der Waals surface area contributed by atoms with Crippen LogP contribution in [0.3, 0.4) is 0 Å². The molecule has 0 aromatic heterocycles. The van der Waals surface area contributed by atoms with Crippen LogP contribution in [0.4, 0.5) is 30.7 Å². The summed E-state index contributed by atoms with van der Waals surface area (Å²) in [4.78, 5) is 52.1. The van der Waals surface area contributed by atoms with Gasteiger partial charge in [0.05, 0.1) is 49.0 Å². The van der Waals surface area contributed by atoms with E-state index < -0.39 is 70.2 Å². The van der Waals surface area contributed by atoms with Gasteiger partial charge in [0.1, 0.15) is 11.6 Å². The molecule has 0 aliphatic carbocycles. The number of alkyl halides is 6. The van der Waals surface area contributed by atoms with Crippen LogP contribution < -0.4 is 4.74 Å². The van der Waals surface area contributed by atoms with Gasteiger partial charge in [-0.3, -0.25) is 19.2 Å². The van der Waals surface area contributed by atoms with E-state index in [0.717, 1.165) is 16.9 Å². The molecule has 0 saturated carbocycles. The highest BCUT2D eigenvalue weighted by atomic mass is 19.4. The van der Waals surface area contributed by atoms with Gasteiger partial charge in [0.25, 0.3) is 0 Å². The second-order valence-electron chi connectivity index (χ2n) is 12.5. The van der Waals surface area contributed by atoms with Crippen LogP contribution in [0.1, 0.15) is 97.8 Å². The maximum atomic E-state index is 12.5. The Bertz CT molecular complexity index is 1670. The van der Waals surface area contributed by atoms with Crippen molar-refractivity contribution in [1.82, 2.24) is 0 Å². The fraction of sp³-hybridized carbons (Fsp3) is 0.378.